The third kappa shape index (κ3) is 3.65. The average Bonchev–Trinajstić information content (AvgIpc) is 2.29. The van der Waals surface area contributed by atoms with Crippen LogP contribution in [0, 0.1) is 5.92 Å². The minimum absolute atomic E-state index is 0.0446. The van der Waals surface area contributed by atoms with Crippen LogP contribution in [0.15, 0.2) is 35.8 Å². The number of carbonyl (C=O) groups excluding carboxylic acids is 1. The van der Waals surface area contributed by atoms with Gasteiger partial charge in [0.05, 0.1) is 19.2 Å². The van der Waals surface area contributed by atoms with Crippen molar-refractivity contribution < 1.29 is 19.4 Å². The predicted octanol–water partition coefficient (Wildman–Crippen LogP) is 0.135. The highest BCUT2D eigenvalue weighted by molar-refractivity contribution is 5.96. The highest BCUT2D eigenvalue weighted by Crippen LogP contribution is 2.14. The van der Waals surface area contributed by atoms with E-state index in [0.29, 0.717) is 5.70 Å². The Morgan fingerprint density at radius 1 is 1.56 bits per heavy atom. The van der Waals surface area contributed by atoms with E-state index in [0.717, 1.165) is 6.08 Å². The fourth-order valence-electron chi connectivity index (χ4n) is 1.57. The average molecular weight is 252 g/mol. The van der Waals surface area contributed by atoms with Crippen LogP contribution in [0.1, 0.15) is 6.92 Å². The van der Waals surface area contributed by atoms with Crippen molar-refractivity contribution in [2.24, 2.45) is 11.7 Å². The smallest absolute Gasteiger partial charge is 0.371 e. The molecule has 2 unspecified atom stereocenters. The molecule has 1 aliphatic carbocycles. The number of methoxy groups -OCH3 is 1. The van der Waals surface area contributed by atoms with Crippen LogP contribution in [-0.2, 0) is 14.3 Å². The Morgan fingerprint density at radius 2 is 2.22 bits per heavy atom. The lowest BCUT2D eigenvalue weighted by atomic mass is 9.96. The summed E-state index contributed by atoms with van der Waals surface area (Å²) in [5.41, 5.74) is 6.26. The molecule has 0 aromatic carbocycles. The summed E-state index contributed by atoms with van der Waals surface area (Å²) < 4.78 is 4.57. The molecule has 1 aliphatic rings. The van der Waals surface area contributed by atoms with E-state index in [2.05, 4.69) is 10.1 Å². The Kier molecular flexibility index (Phi) is 4.53. The molecule has 1 rings (SSSR count). The van der Waals surface area contributed by atoms with Gasteiger partial charge in [-0.3, -0.25) is 4.79 Å². The zero-order chi connectivity index (χ0) is 13.7. The summed E-state index contributed by atoms with van der Waals surface area (Å²) in [5.74, 6) is -2.17. The van der Waals surface area contributed by atoms with Crippen LogP contribution < -0.4 is 11.1 Å². The molecule has 1 amide bonds. The number of allylic oxidation sites excluding steroid dienone is 1. The van der Waals surface area contributed by atoms with Gasteiger partial charge in [0.25, 0.3) is 0 Å². The molecular weight excluding hydrogens is 236 g/mol. The molecule has 2 atom stereocenters. The molecule has 6 heteroatoms. The summed E-state index contributed by atoms with van der Waals surface area (Å²) in [6.45, 7) is 1.90. The lowest BCUT2D eigenvalue weighted by Crippen LogP contribution is -2.38. The van der Waals surface area contributed by atoms with Crippen molar-refractivity contribution in [3.05, 3.63) is 35.8 Å². The lowest BCUT2D eigenvalue weighted by Gasteiger charge is -2.22. The van der Waals surface area contributed by atoms with E-state index in [1.165, 1.54) is 7.11 Å². The highest BCUT2D eigenvalue weighted by atomic mass is 16.5. The van der Waals surface area contributed by atoms with Crippen molar-refractivity contribution >= 4 is 11.9 Å². The van der Waals surface area contributed by atoms with E-state index < -0.39 is 17.6 Å². The van der Waals surface area contributed by atoms with Crippen LogP contribution in [0.25, 0.3) is 0 Å². The van der Waals surface area contributed by atoms with Crippen LogP contribution in [0.2, 0.25) is 0 Å². The molecular formula is C12H16N2O4. The summed E-state index contributed by atoms with van der Waals surface area (Å²) >= 11 is 0. The van der Waals surface area contributed by atoms with Gasteiger partial charge in [0.15, 0.2) is 0 Å². The third-order valence-electron chi connectivity index (χ3n) is 2.52. The zero-order valence-electron chi connectivity index (χ0n) is 10.2. The Morgan fingerprint density at radius 3 is 2.72 bits per heavy atom. The fraction of sp³-hybridized carbons (Fsp3) is 0.333. The molecule has 0 spiro atoms. The molecule has 0 fully saturated rings. The van der Waals surface area contributed by atoms with Gasteiger partial charge < -0.3 is 20.9 Å². The fourth-order valence-corrected chi connectivity index (χ4v) is 1.57. The molecule has 18 heavy (non-hydrogen) atoms. The van der Waals surface area contributed by atoms with Crippen molar-refractivity contribution in [1.82, 2.24) is 5.32 Å². The standard InChI is InChI=1S/C12H16N2O4/c1-7-5-8(13)3-4-9(7)14-11(15)6-10(18-2)12(16)17/h3-7,9H,13H2,1-2H3,(H,14,15)(H,16,17)/b10-6-. The van der Waals surface area contributed by atoms with E-state index in [1.54, 1.807) is 12.2 Å². The molecule has 98 valence electrons. The Hall–Kier alpha value is -2.24. The Labute approximate surface area is 105 Å². The number of aliphatic carboxylic acids is 1. The van der Waals surface area contributed by atoms with Gasteiger partial charge in [-0.05, 0) is 6.08 Å². The van der Waals surface area contributed by atoms with E-state index in [4.69, 9.17) is 10.8 Å². The minimum atomic E-state index is -1.29. The molecule has 0 bridgehead atoms. The topological polar surface area (TPSA) is 102 Å². The summed E-state index contributed by atoms with van der Waals surface area (Å²) in [5, 5.41) is 11.4. The monoisotopic (exact) mass is 252 g/mol. The molecule has 0 aromatic rings. The lowest BCUT2D eigenvalue weighted by molar-refractivity contribution is -0.136. The first kappa shape index (κ1) is 13.8. The van der Waals surface area contributed by atoms with E-state index in [1.807, 2.05) is 13.0 Å². The molecule has 0 heterocycles. The minimum Gasteiger partial charge on any atom is -0.490 e. The summed E-state index contributed by atoms with van der Waals surface area (Å²) in [4.78, 5) is 22.2. The molecule has 0 aliphatic heterocycles. The van der Waals surface area contributed by atoms with Gasteiger partial charge in [-0.1, -0.05) is 19.1 Å². The molecule has 4 N–H and O–H groups in total. The first-order chi connectivity index (χ1) is 8.43. The first-order valence-electron chi connectivity index (χ1n) is 5.39. The number of hydrogen-bond donors (Lipinski definition) is 3. The van der Waals surface area contributed by atoms with Crippen molar-refractivity contribution in [2.45, 2.75) is 13.0 Å². The van der Waals surface area contributed by atoms with Crippen LogP contribution in [0.4, 0.5) is 0 Å². The third-order valence-corrected chi connectivity index (χ3v) is 2.52. The Bertz CT molecular complexity index is 437. The predicted molar refractivity (Wildman–Crippen MR) is 65.2 cm³/mol. The number of carbonyl (C=O) groups is 2. The van der Waals surface area contributed by atoms with Crippen LogP contribution in [0.5, 0.6) is 0 Å². The molecule has 0 saturated carbocycles. The molecule has 0 saturated heterocycles. The number of carboxylic acids is 1. The Balaban J connectivity index is 2.67. The van der Waals surface area contributed by atoms with E-state index >= 15 is 0 Å². The van der Waals surface area contributed by atoms with Gasteiger partial charge in [-0.15, -0.1) is 0 Å². The van der Waals surface area contributed by atoms with E-state index in [-0.39, 0.29) is 12.0 Å². The van der Waals surface area contributed by atoms with Gasteiger partial charge in [-0.25, -0.2) is 4.79 Å². The van der Waals surface area contributed by atoms with Crippen molar-refractivity contribution in [3.63, 3.8) is 0 Å². The number of nitrogens with two attached hydrogens (primary N) is 1. The second kappa shape index (κ2) is 5.90. The van der Waals surface area contributed by atoms with Crippen molar-refractivity contribution in [3.8, 4) is 0 Å². The van der Waals surface area contributed by atoms with Crippen LogP contribution in [0.3, 0.4) is 0 Å². The second-order valence-electron chi connectivity index (χ2n) is 3.94. The number of rotatable bonds is 4. The number of amides is 1. The van der Waals surface area contributed by atoms with Gasteiger partial charge >= 0.3 is 5.97 Å². The molecule has 0 aromatic heterocycles. The second-order valence-corrected chi connectivity index (χ2v) is 3.94. The van der Waals surface area contributed by atoms with Gasteiger partial charge in [0.2, 0.25) is 11.7 Å². The number of nitrogens with one attached hydrogen (secondary N) is 1. The maximum Gasteiger partial charge on any atom is 0.371 e. The molecule has 0 radical (unpaired) electrons. The maximum atomic E-state index is 11.6. The highest BCUT2D eigenvalue weighted by Gasteiger charge is 2.18. The largest absolute Gasteiger partial charge is 0.490 e. The normalized spacial score (nSPS) is 23.2. The van der Waals surface area contributed by atoms with Gasteiger partial charge in [0.1, 0.15) is 0 Å². The summed E-state index contributed by atoms with van der Waals surface area (Å²) in [6, 6.07) is -0.215. The SMILES string of the molecule is CO/C(=C\C(=O)NC1C=CC(N)=CC1C)C(=O)O. The van der Waals surface area contributed by atoms with Crippen molar-refractivity contribution in [1.29, 1.82) is 0 Å². The van der Waals surface area contributed by atoms with E-state index in [9.17, 15) is 9.59 Å². The number of carboxylic acid groups (broad SMARTS) is 1. The summed E-state index contributed by atoms with van der Waals surface area (Å²) in [7, 11) is 1.19. The zero-order valence-corrected chi connectivity index (χ0v) is 10.2. The summed E-state index contributed by atoms with van der Waals surface area (Å²) in [6.07, 6.45) is 6.19. The quantitative estimate of drug-likeness (QED) is 0.488. The molecule has 6 nitrogen and oxygen atoms in total. The first-order valence-corrected chi connectivity index (χ1v) is 5.39. The van der Waals surface area contributed by atoms with Crippen molar-refractivity contribution in [2.75, 3.05) is 7.11 Å². The van der Waals surface area contributed by atoms with Gasteiger partial charge in [0, 0.05) is 11.6 Å². The van der Waals surface area contributed by atoms with Gasteiger partial charge in [-0.2, -0.15) is 0 Å². The van der Waals surface area contributed by atoms with Crippen LogP contribution in [-0.4, -0.2) is 30.1 Å². The number of ether oxygens (including phenoxy) is 1. The van der Waals surface area contributed by atoms with Crippen LogP contribution >= 0.6 is 0 Å². The number of hydrogen-bond acceptors (Lipinski definition) is 4. The maximum absolute atomic E-state index is 11.6.